The predicted molar refractivity (Wildman–Crippen MR) is 143 cm³/mol. The van der Waals surface area contributed by atoms with Crippen molar-refractivity contribution in [3.05, 3.63) is 29.8 Å². The zero-order chi connectivity index (χ0) is 29.7. The smallest absolute Gasteiger partial charge is 0.317 e. The number of anilines is 1. The molecule has 1 aromatic rings. The third-order valence-corrected chi connectivity index (χ3v) is 5.69. The molecule has 15 heteroatoms. The average Bonchev–Trinajstić information content (AvgIpc) is 2.77. The van der Waals surface area contributed by atoms with Crippen LogP contribution in [0.2, 0.25) is 0 Å². The van der Waals surface area contributed by atoms with Gasteiger partial charge in [0.1, 0.15) is 0 Å². The molecule has 0 spiro atoms. The van der Waals surface area contributed by atoms with Crippen molar-refractivity contribution in [3.63, 3.8) is 0 Å². The van der Waals surface area contributed by atoms with Gasteiger partial charge in [0, 0.05) is 30.9 Å². The number of carbonyl (C=O) groups is 5. The lowest BCUT2D eigenvalue weighted by atomic mass is 10.0. The molecule has 0 aliphatic heterocycles. The lowest BCUT2D eigenvalue weighted by molar-refractivity contribution is -0.144. The molecule has 0 aromatic heterocycles. The number of hydrogen-bond donors (Lipinski definition) is 6. The van der Waals surface area contributed by atoms with Gasteiger partial charge in [-0.25, -0.2) is 0 Å². The maximum atomic E-state index is 11.6. The van der Waals surface area contributed by atoms with E-state index in [0.29, 0.717) is 10.7 Å². The fourth-order valence-electron chi connectivity index (χ4n) is 4.07. The van der Waals surface area contributed by atoms with Crippen molar-refractivity contribution in [2.45, 2.75) is 32.4 Å². The van der Waals surface area contributed by atoms with Crippen LogP contribution in [0.25, 0.3) is 0 Å². The van der Waals surface area contributed by atoms with Gasteiger partial charge in [0.15, 0.2) is 0 Å². The van der Waals surface area contributed by atoms with Gasteiger partial charge in [-0.1, -0.05) is 24.4 Å². The minimum Gasteiger partial charge on any atom is -0.480 e. The van der Waals surface area contributed by atoms with Gasteiger partial charge >= 0.3 is 29.8 Å². The van der Waals surface area contributed by atoms with Crippen LogP contribution in [-0.4, -0.2) is 133 Å². The minimum atomic E-state index is -1.27. The van der Waals surface area contributed by atoms with Gasteiger partial charge in [0.2, 0.25) is 0 Å². The number of nitrogens with zero attached hydrogens (tertiary/aromatic N) is 3. The van der Waals surface area contributed by atoms with Gasteiger partial charge in [0.05, 0.1) is 37.7 Å². The van der Waals surface area contributed by atoms with Crippen LogP contribution in [0.3, 0.4) is 0 Å². The maximum absolute atomic E-state index is 11.6. The van der Waals surface area contributed by atoms with Gasteiger partial charge in [-0.3, -0.25) is 38.7 Å². The second kappa shape index (κ2) is 16.3. The Morgan fingerprint density at radius 1 is 0.744 bits per heavy atom. The summed E-state index contributed by atoms with van der Waals surface area (Å²) in [5.74, 6) is -6.30. The molecule has 6 N–H and O–H groups in total. The lowest BCUT2D eigenvalue weighted by Crippen LogP contribution is -2.53. The van der Waals surface area contributed by atoms with Crippen LogP contribution in [0.4, 0.5) is 5.69 Å². The summed E-state index contributed by atoms with van der Waals surface area (Å²) in [4.78, 5) is 61.6. The van der Waals surface area contributed by atoms with E-state index in [1.165, 1.54) is 9.80 Å². The molecule has 39 heavy (non-hydrogen) atoms. The number of thiocarbonyl (C=S) groups is 1. The quantitative estimate of drug-likeness (QED) is 0.122. The number of benzene rings is 1. The summed E-state index contributed by atoms with van der Waals surface area (Å²) >= 11 is 5.02. The second-order valence-corrected chi connectivity index (χ2v) is 9.67. The van der Waals surface area contributed by atoms with Crippen LogP contribution < -0.4 is 5.32 Å². The van der Waals surface area contributed by atoms with Gasteiger partial charge in [-0.2, -0.15) is 0 Å². The molecule has 0 amide bonds. The molecule has 0 fully saturated rings. The van der Waals surface area contributed by atoms with Gasteiger partial charge in [0.25, 0.3) is 0 Å². The Bertz CT molecular complexity index is 1000. The fourth-order valence-corrected chi connectivity index (χ4v) is 4.19. The molecular formula is C24H34N4O10S. The van der Waals surface area contributed by atoms with Crippen molar-refractivity contribution in [1.29, 1.82) is 0 Å². The third kappa shape index (κ3) is 14.2. The lowest BCUT2D eigenvalue weighted by Gasteiger charge is -2.36. The van der Waals surface area contributed by atoms with Gasteiger partial charge < -0.3 is 30.8 Å². The standard InChI is InChI=1S/C24H34N4O10S/c1-15(27(11-21(31)32)12-22(33)34)8-26(10-20(29)30)9-19(28(13-23(35)36)14-24(37)38)7-17-3-5-18(6-4-17)25-16(2)39/h3-6,15,19H,7-14H2,1-2H3,(H,25,39)(H,29,30)(H,31,32)(H,33,34)(H,35,36)(H,37,38). The SMILES string of the molecule is CC(=S)Nc1ccc(CC(CN(CC(=O)O)CC(C)N(CC(=O)O)CC(=O)O)N(CC(=O)O)CC(=O)O)cc1. The van der Waals surface area contributed by atoms with E-state index in [4.69, 9.17) is 12.2 Å². The van der Waals surface area contributed by atoms with Crippen molar-refractivity contribution < 1.29 is 49.5 Å². The molecular weight excluding hydrogens is 536 g/mol. The Morgan fingerprint density at radius 3 is 1.59 bits per heavy atom. The van der Waals surface area contributed by atoms with E-state index in [2.05, 4.69) is 5.32 Å². The molecule has 1 rings (SSSR count). The average molecular weight is 571 g/mol. The first-order chi connectivity index (χ1) is 18.2. The molecule has 0 saturated carbocycles. The Kier molecular flexibility index (Phi) is 14.0. The highest BCUT2D eigenvalue weighted by atomic mass is 32.1. The van der Waals surface area contributed by atoms with E-state index in [-0.39, 0.29) is 19.5 Å². The monoisotopic (exact) mass is 570 g/mol. The van der Waals surface area contributed by atoms with E-state index in [0.717, 1.165) is 10.5 Å². The van der Waals surface area contributed by atoms with Crippen molar-refractivity contribution in [1.82, 2.24) is 14.7 Å². The van der Waals surface area contributed by atoms with E-state index < -0.39 is 74.7 Å². The number of nitrogens with one attached hydrogen (secondary N) is 1. The second-order valence-electron chi connectivity index (χ2n) is 9.06. The van der Waals surface area contributed by atoms with Crippen LogP contribution in [-0.2, 0) is 30.4 Å². The first kappa shape index (κ1) is 33.4. The summed E-state index contributed by atoms with van der Waals surface area (Å²) in [6, 6.07) is 5.49. The summed E-state index contributed by atoms with van der Waals surface area (Å²) in [6.07, 6.45) is 0.163. The van der Waals surface area contributed by atoms with E-state index >= 15 is 0 Å². The molecule has 0 heterocycles. The van der Waals surface area contributed by atoms with Crippen molar-refractivity contribution >= 4 is 52.7 Å². The maximum Gasteiger partial charge on any atom is 0.317 e. The fraction of sp³-hybridized carbons (Fsp3) is 0.500. The summed E-state index contributed by atoms with van der Waals surface area (Å²) < 4.78 is 0. The van der Waals surface area contributed by atoms with Crippen LogP contribution >= 0.6 is 12.2 Å². The zero-order valence-electron chi connectivity index (χ0n) is 21.6. The summed E-state index contributed by atoms with van der Waals surface area (Å²) in [7, 11) is 0. The number of carboxylic acid groups (broad SMARTS) is 5. The highest BCUT2D eigenvalue weighted by Gasteiger charge is 2.29. The highest BCUT2D eigenvalue weighted by Crippen LogP contribution is 2.16. The molecule has 0 bridgehead atoms. The van der Waals surface area contributed by atoms with Crippen molar-refractivity contribution in [3.8, 4) is 0 Å². The van der Waals surface area contributed by atoms with Gasteiger partial charge in [-0.15, -0.1) is 0 Å². The molecule has 0 saturated heterocycles. The Balaban J connectivity index is 3.32. The van der Waals surface area contributed by atoms with E-state index in [1.54, 1.807) is 38.1 Å². The molecule has 2 unspecified atom stereocenters. The summed E-state index contributed by atoms with van der Waals surface area (Å²) in [6.45, 7) is 0.126. The molecule has 2 atom stereocenters. The Morgan fingerprint density at radius 2 is 1.18 bits per heavy atom. The van der Waals surface area contributed by atoms with E-state index in [9.17, 15) is 49.5 Å². The predicted octanol–water partition coefficient (Wildman–Crippen LogP) is 0.0744. The van der Waals surface area contributed by atoms with Crippen LogP contribution in [0.5, 0.6) is 0 Å². The first-order valence-corrected chi connectivity index (χ1v) is 12.2. The number of aliphatic carboxylic acids is 5. The third-order valence-electron chi connectivity index (χ3n) is 5.59. The first-order valence-electron chi connectivity index (χ1n) is 11.8. The van der Waals surface area contributed by atoms with Crippen LogP contribution in [0.1, 0.15) is 19.4 Å². The van der Waals surface area contributed by atoms with E-state index in [1.807, 2.05) is 0 Å². The Hall–Kier alpha value is -3.66. The van der Waals surface area contributed by atoms with Crippen molar-refractivity contribution in [2.24, 2.45) is 0 Å². The number of carboxylic acids is 5. The normalized spacial score (nSPS) is 12.7. The minimum absolute atomic E-state index is 0.0753. The molecule has 0 aliphatic rings. The molecule has 14 nitrogen and oxygen atoms in total. The van der Waals surface area contributed by atoms with Crippen LogP contribution in [0.15, 0.2) is 24.3 Å². The molecule has 1 aromatic carbocycles. The van der Waals surface area contributed by atoms with Crippen LogP contribution in [0, 0.1) is 0 Å². The largest absolute Gasteiger partial charge is 0.480 e. The molecule has 0 aliphatic carbocycles. The Labute approximate surface area is 230 Å². The van der Waals surface area contributed by atoms with Crippen molar-refractivity contribution in [2.75, 3.05) is 51.1 Å². The topological polar surface area (TPSA) is 208 Å². The summed E-state index contributed by atoms with van der Waals surface area (Å²) in [5, 5.41) is 49.7. The number of hydrogen-bond acceptors (Lipinski definition) is 9. The van der Waals surface area contributed by atoms with Gasteiger partial charge in [-0.05, 0) is 38.0 Å². The molecule has 216 valence electrons. The summed E-state index contributed by atoms with van der Waals surface area (Å²) in [5.41, 5.74) is 1.43. The zero-order valence-corrected chi connectivity index (χ0v) is 22.5. The highest BCUT2D eigenvalue weighted by molar-refractivity contribution is 7.80. The number of rotatable bonds is 19. The molecule has 0 radical (unpaired) electrons.